The van der Waals surface area contributed by atoms with E-state index in [1.807, 2.05) is 20.8 Å². The zero-order chi connectivity index (χ0) is 15.2. The maximum atomic E-state index is 11.6. The van der Waals surface area contributed by atoms with Gasteiger partial charge in [0.15, 0.2) is 0 Å². The Kier molecular flexibility index (Phi) is 6.76. The van der Waals surface area contributed by atoms with E-state index < -0.39 is 5.60 Å². The van der Waals surface area contributed by atoms with Crippen molar-refractivity contribution in [3.63, 3.8) is 0 Å². The van der Waals surface area contributed by atoms with Crippen LogP contribution in [0.15, 0.2) is 0 Å². The molecule has 0 heterocycles. The SMILES string of the molecule is CCN(CC)CCNC1CC(NC(=O)OC(C)(C)C)C1. The molecule has 0 spiro atoms. The van der Waals surface area contributed by atoms with Crippen LogP contribution in [0, 0.1) is 0 Å². The van der Waals surface area contributed by atoms with Crippen molar-refractivity contribution in [1.82, 2.24) is 15.5 Å². The number of hydrogen-bond donors (Lipinski definition) is 2. The minimum Gasteiger partial charge on any atom is -0.444 e. The van der Waals surface area contributed by atoms with Crippen LogP contribution in [-0.4, -0.2) is 54.9 Å². The molecule has 1 amide bonds. The van der Waals surface area contributed by atoms with Gasteiger partial charge in [-0.15, -0.1) is 0 Å². The van der Waals surface area contributed by atoms with Gasteiger partial charge in [-0.25, -0.2) is 4.79 Å². The lowest BCUT2D eigenvalue weighted by Gasteiger charge is -2.37. The second-order valence-corrected chi connectivity index (χ2v) is 6.49. The number of ether oxygens (including phenoxy) is 1. The number of alkyl carbamates (subject to hydrolysis) is 1. The molecule has 1 aliphatic rings. The van der Waals surface area contributed by atoms with E-state index in [2.05, 4.69) is 29.4 Å². The van der Waals surface area contributed by atoms with Crippen LogP contribution in [0.3, 0.4) is 0 Å². The molecule has 0 unspecified atom stereocenters. The largest absolute Gasteiger partial charge is 0.444 e. The van der Waals surface area contributed by atoms with E-state index in [0.29, 0.717) is 6.04 Å². The first-order valence-electron chi connectivity index (χ1n) is 7.79. The molecular weight excluding hydrogens is 254 g/mol. The van der Waals surface area contributed by atoms with E-state index in [4.69, 9.17) is 4.74 Å². The molecule has 5 nitrogen and oxygen atoms in total. The molecule has 5 heteroatoms. The first-order chi connectivity index (χ1) is 9.34. The summed E-state index contributed by atoms with van der Waals surface area (Å²) in [5.74, 6) is 0. The monoisotopic (exact) mass is 285 g/mol. The Morgan fingerprint density at radius 3 is 2.30 bits per heavy atom. The molecule has 118 valence electrons. The Morgan fingerprint density at radius 2 is 1.80 bits per heavy atom. The van der Waals surface area contributed by atoms with Crippen LogP contribution in [0.5, 0.6) is 0 Å². The van der Waals surface area contributed by atoms with Crippen molar-refractivity contribution in [1.29, 1.82) is 0 Å². The summed E-state index contributed by atoms with van der Waals surface area (Å²) in [6.07, 6.45) is 1.69. The summed E-state index contributed by atoms with van der Waals surface area (Å²) in [4.78, 5) is 14.0. The summed E-state index contributed by atoms with van der Waals surface area (Å²) < 4.78 is 5.24. The van der Waals surface area contributed by atoms with Gasteiger partial charge in [0.05, 0.1) is 0 Å². The van der Waals surface area contributed by atoms with Crippen LogP contribution in [0.25, 0.3) is 0 Å². The van der Waals surface area contributed by atoms with Gasteiger partial charge >= 0.3 is 6.09 Å². The van der Waals surface area contributed by atoms with E-state index in [1.165, 1.54) is 0 Å². The Bertz CT molecular complexity index is 292. The lowest BCUT2D eigenvalue weighted by molar-refractivity contribution is 0.0465. The Morgan fingerprint density at radius 1 is 1.20 bits per heavy atom. The van der Waals surface area contributed by atoms with Crippen molar-refractivity contribution < 1.29 is 9.53 Å². The van der Waals surface area contributed by atoms with Gasteiger partial charge in [-0.1, -0.05) is 13.8 Å². The molecule has 0 atom stereocenters. The molecule has 0 bridgehead atoms. The first kappa shape index (κ1) is 17.2. The molecule has 0 aliphatic heterocycles. The quantitative estimate of drug-likeness (QED) is 0.751. The number of rotatable bonds is 7. The standard InChI is InChI=1S/C15H31N3O2/c1-6-18(7-2)9-8-16-12-10-13(11-12)17-14(19)20-15(3,4)5/h12-13,16H,6-11H2,1-5H3,(H,17,19). The minimum atomic E-state index is -0.421. The van der Waals surface area contributed by atoms with Crippen molar-refractivity contribution in [3.8, 4) is 0 Å². The number of carbonyl (C=O) groups is 1. The lowest BCUT2D eigenvalue weighted by atomic mass is 9.87. The van der Waals surface area contributed by atoms with Crippen molar-refractivity contribution in [2.24, 2.45) is 0 Å². The highest BCUT2D eigenvalue weighted by molar-refractivity contribution is 5.68. The van der Waals surface area contributed by atoms with Gasteiger partial charge < -0.3 is 20.3 Å². The number of carbonyl (C=O) groups excluding carboxylic acids is 1. The summed E-state index contributed by atoms with van der Waals surface area (Å²) in [5.41, 5.74) is -0.421. The van der Waals surface area contributed by atoms with Crippen LogP contribution < -0.4 is 10.6 Å². The van der Waals surface area contributed by atoms with Gasteiger partial charge in [0, 0.05) is 25.2 Å². The van der Waals surface area contributed by atoms with Crippen LogP contribution in [-0.2, 0) is 4.74 Å². The summed E-state index contributed by atoms with van der Waals surface area (Å²) in [5, 5.41) is 6.45. The third kappa shape index (κ3) is 6.57. The maximum Gasteiger partial charge on any atom is 0.407 e. The summed E-state index contributed by atoms with van der Waals surface area (Å²) >= 11 is 0. The van der Waals surface area contributed by atoms with Crippen LogP contribution >= 0.6 is 0 Å². The van der Waals surface area contributed by atoms with E-state index in [9.17, 15) is 4.79 Å². The molecule has 0 aromatic heterocycles. The predicted molar refractivity (Wildman–Crippen MR) is 82.0 cm³/mol. The van der Waals surface area contributed by atoms with Crippen molar-refractivity contribution >= 4 is 6.09 Å². The highest BCUT2D eigenvalue weighted by Gasteiger charge is 2.31. The normalized spacial score (nSPS) is 22.5. The minimum absolute atomic E-state index is 0.260. The maximum absolute atomic E-state index is 11.6. The highest BCUT2D eigenvalue weighted by atomic mass is 16.6. The zero-order valence-electron chi connectivity index (χ0n) is 13.7. The van der Waals surface area contributed by atoms with Crippen molar-refractivity contribution in [2.75, 3.05) is 26.2 Å². The smallest absolute Gasteiger partial charge is 0.407 e. The van der Waals surface area contributed by atoms with Crippen LogP contribution in [0.2, 0.25) is 0 Å². The number of nitrogens with one attached hydrogen (secondary N) is 2. The average molecular weight is 285 g/mol. The number of hydrogen-bond acceptors (Lipinski definition) is 4. The first-order valence-corrected chi connectivity index (χ1v) is 7.79. The fourth-order valence-corrected chi connectivity index (χ4v) is 2.34. The predicted octanol–water partition coefficient (Wildman–Crippen LogP) is 1.97. The third-order valence-corrected chi connectivity index (χ3v) is 3.61. The van der Waals surface area contributed by atoms with Gasteiger partial charge in [0.25, 0.3) is 0 Å². The van der Waals surface area contributed by atoms with E-state index in [0.717, 1.165) is 39.0 Å². The van der Waals surface area contributed by atoms with E-state index in [-0.39, 0.29) is 12.1 Å². The topological polar surface area (TPSA) is 53.6 Å². The Labute approximate surface area is 123 Å². The lowest BCUT2D eigenvalue weighted by Crippen LogP contribution is -2.54. The molecule has 20 heavy (non-hydrogen) atoms. The average Bonchev–Trinajstić information content (AvgIpc) is 2.28. The summed E-state index contributed by atoms with van der Waals surface area (Å²) in [7, 11) is 0. The summed E-state index contributed by atoms with van der Waals surface area (Å²) in [6, 6.07) is 0.793. The molecule has 0 aromatic carbocycles. The Hall–Kier alpha value is -0.810. The van der Waals surface area contributed by atoms with E-state index in [1.54, 1.807) is 0 Å². The molecule has 1 fully saturated rings. The molecule has 1 aliphatic carbocycles. The molecule has 0 radical (unpaired) electrons. The van der Waals surface area contributed by atoms with Gasteiger partial charge in [0.2, 0.25) is 0 Å². The van der Waals surface area contributed by atoms with E-state index >= 15 is 0 Å². The second kappa shape index (κ2) is 7.84. The van der Waals surface area contributed by atoms with Gasteiger partial charge in [-0.3, -0.25) is 0 Å². The highest BCUT2D eigenvalue weighted by Crippen LogP contribution is 2.20. The van der Waals surface area contributed by atoms with Gasteiger partial charge in [-0.2, -0.15) is 0 Å². The molecule has 0 saturated heterocycles. The zero-order valence-corrected chi connectivity index (χ0v) is 13.7. The molecule has 2 N–H and O–H groups in total. The van der Waals surface area contributed by atoms with Crippen molar-refractivity contribution in [2.45, 2.75) is 65.1 Å². The second-order valence-electron chi connectivity index (χ2n) is 6.49. The number of likely N-dealkylation sites (N-methyl/N-ethyl adjacent to an activating group) is 1. The van der Waals surface area contributed by atoms with Crippen LogP contribution in [0.4, 0.5) is 4.79 Å². The van der Waals surface area contributed by atoms with Gasteiger partial charge in [-0.05, 0) is 46.7 Å². The Balaban J connectivity index is 2.07. The molecule has 1 saturated carbocycles. The van der Waals surface area contributed by atoms with Gasteiger partial charge in [0.1, 0.15) is 5.60 Å². The molecule has 0 aromatic rings. The molecular formula is C15H31N3O2. The number of nitrogens with zero attached hydrogens (tertiary/aromatic N) is 1. The fraction of sp³-hybridized carbons (Fsp3) is 0.933. The molecule has 1 rings (SSSR count). The summed E-state index contributed by atoms with van der Waals surface area (Å²) in [6.45, 7) is 14.3. The fourth-order valence-electron chi connectivity index (χ4n) is 2.34. The third-order valence-electron chi connectivity index (χ3n) is 3.61. The van der Waals surface area contributed by atoms with Crippen LogP contribution in [0.1, 0.15) is 47.5 Å². The van der Waals surface area contributed by atoms with Crippen molar-refractivity contribution in [3.05, 3.63) is 0 Å². The number of amides is 1.